The van der Waals surface area contributed by atoms with E-state index in [2.05, 4.69) is 10.3 Å². The van der Waals surface area contributed by atoms with Gasteiger partial charge in [0.15, 0.2) is 5.13 Å². The Balaban J connectivity index is 1.90. The molecule has 0 radical (unpaired) electrons. The normalized spacial score (nSPS) is 10.7. The first-order valence-electron chi connectivity index (χ1n) is 6.38. The lowest BCUT2D eigenvalue weighted by molar-refractivity contribution is 0.102. The van der Waals surface area contributed by atoms with Crippen LogP contribution in [0.1, 0.15) is 21.5 Å². The predicted molar refractivity (Wildman–Crippen MR) is 83.5 cm³/mol. The number of benzene rings is 2. The molecule has 4 heteroatoms. The number of anilines is 1. The molecule has 0 aliphatic heterocycles. The van der Waals surface area contributed by atoms with E-state index in [1.54, 1.807) is 0 Å². The fourth-order valence-corrected chi connectivity index (χ4v) is 2.95. The monoisotopic (exact) mass is 282 g/mol. The maximum atomic E-state index is 12.3. The van der Waals surface area contributed by atoms with Gasteiger partial charge in [0.2, 0.25) is 0 Å². The van der Waals surface area contributed by atoms with Crippen LogP contribution < -0.4 is 5.32 Å². The van der Waals surface area contributed by atoms with Gasteiger partial charge < -0.3 is 0 Å². The zero-order valence-electron chi connectivity index (χ0n) is 11.3. The van der Waals surface area contributed by atoms with Gasteiger partial charge in [-0.3, -0.25) is 10.1 Å². The molecule has 1 amide bonds. The summed E-state index contributed by atoms with van der Waals surface area (Å²) < 4.78 is 1.07. The standard InChI is InChI=1S/C16H14N2OS/c1-10-6-5-7-12(11(10)2)15(19)18-16-17-13-8-3-4-9-14(13)20-16/h3-9H,1-2H3,(H,17,18,19). The van der Waals surface area contributed by atoms with Crippen molar-refractivity contribution in [2.45, 2.75) is 13.8 Å². The average Bonchev–Trinajstić information content (AvgIpc) is 2.83. The fraction of sp³-hybridized carbons (Fsp3) is 0.125. The van der Waals surface area contributed by atoms with E-state index in [-0.39, 0.29) is 5.91 Å². The number of amides is 1. The van der Waals surface area contributed by atoms with E-state index in [9.17, 15) is 4.79 Å². The number of thiazole rings is 1. The second kappa shape index (κ2) is 5.06. The maximum absolute atomic E-state index is 12.3. The second-order valence-electron chi connectivity index (χ2n) is 4.69. The summed E-state index contributed by atoms with van der Waals surface area (Å²) in [4.78, 5) is 16.7. The van der Waals surface area contributed by atoms with Crippen LogP contribution >= 0.6 is 11.3 Å². The van der Waals surface area contributed by atoms with E-state index in [1.807, 2.05) is 56.3 Å². The van der Waals surface area contributed by atoms with Crippen molar-refractivity contribution < 1.29 is 4.79 Å². The molecule has 0 aliphatic carbocycles. The van der Waals surface area contributed by atoms with Gasteiger partial charge in [-0.2, -0.15) is 0 Å². The highest BCUT2D eigenvalue weighted by Crippen LogP contribution is 2.26. The summed E-state index contributed by atoms with van der Waals surface area (Å²) in [5.74, 6) is -0.106. The molecule has 0 saturated heterocycles. The van der Waals surface area contributed by atoms with Crippen LogP contribution in [0.4, 0.5) is 5.13 Å². The summed E-state index contributed by atoms with van der Waals surface area (Å²) in [7, 11) is 0. The minimum Gasteiger partial charge on any atom is -0.298 e. The molecule has 0 spiro atoms. The van der Waals surface area contributed by atoms with Gasteiger partial charge in [0.25, 0.3) is 5.91 Å². The first-order chi connectivity index (χ1) is 9.65. The zero-order valence-corrected chi connectivity index (χ0v) is 12.1. The molecular formula is C16H14N2OS. The SMILES string of the molecule is Cc1cccc(C(=O)Nc2nc3ccccc3s2)c1C. The van der Waals surface area contributed by atoms with Crippen LogP contribution in [0.15, 0.2) is 42.5 Å². The minimum atomic E-state index is -0.106. The van der Waals surface area contributed by atoms with Crippen LogP contribution in [0, 0.1) is 13.8 Å². The van der Waals surface area contributed by atoms with Gasteiger partial charge >= 0.3 is 0 Å². The summed E-state index contributed by atoms with van der Waals surface area (Å²) >= 11 is 1.49. The molecule has 3 nitrogen and oxygen atoms in total. The highest BCUT2D eigenvalue weighted by molar-refractivity contribution is 7.22. The minimum absolute atomic E-state index is 0.106. The lowest BCUT2D eigenvalue weighted by atomic mass is 10.0. The molecule has 3 aromatic rings. The molecule has 2 aromatic carbocycles. The first-order valence-corrected chi connectivity index (χ1v) is 7.20. The molecule has 0 saturated carbocycles. The third-order valence-corrected chi connectivity index (χ3v) is 4.32. The summed E-state index contributed by atoms with van der Waals surface area (Å²) in [6, 6.07) is 13.6. The van der Waals surface area contributed by atoms with E-state index in [0.717, 1.165) is 21.3 Å². The molecule has 1 N–H and O–H groups in total. The lowest BCUT2D eigenvalue weighted by Crippen LogP contribution is -2.13. The van der Waals surface area contributed by atoms with Crippen molar-refractivity contribution in [3.63, 3.8) is 0 Å². The van der Waals surface area contributed by atoms with Gasteiger partial charge in [-0.15, -0.1) is 0 Å². The number of para-hydroxylation sites is 1. The van der Waals surface area contributed by atoms with E-state index in [4.69, 9.17) is 0 Å². The molecular weight excluding hydrogens is 268 g/mol. The van der Waals surface area contributed by atoms with E-state index in [0.29, 0.717) is 10.7 Å². The smallest absolute Gasteiger partial charge is 0.257 e. The quantitative estimate of drug-likeness (QED) is 0.766. The number of fused-ring (bicyclic) bond motifs is 1. The van der Waals surface area contributed by atoms with Crippen LogP contribution in [-0.2, 0) is 0 Å². The topological polar surface area (TPSA) is 42.0 Å². The van der Waals surface area contributed by atoms with Crippen LogP contribution in [-0.4, -0.2) is 10.9 Å². The van der Waals surface area contributed by atoms with Crippen molar-refractivity contribution >= 4 is 32.6 Å². The number of aromatic nitrogens is 1. The Morgan fingerprint density at radius 2 is 1.90 bits per heavy atom. The number of nitrogens with zero attached hydrogens (tertiary/aromatic N) is 1. The van der Waals surface area contributed by atoms with Crippen molar-refractivity contribution in [2.24, 2.45) is 0 Å². The molecule has 1 heterocycles. The zero-order chi connectivity index (χ0) is 14.1. The maximum Gasteiger partial charge on any atom is 0.257 e. The Bertz CT molecular complexity index is 759. The van der Waals surface area contributed by atoms with Crippen molar-refractivity contribution in [2.75, 3.05) is 5.32 Å². The molecule has 20 heavy (non-hydrogen) atoms. The molecule has 0 bridgehead atoms. The summed E-state index contributed by atoms with van der Waals surface area (Å²) in [5.41, 5.74) is 3.73. The number of aryl methyl sites for hydroxylation is 1. The Labute approximate surface area is 121 Å². The van der Waals surface area contributed by atoms with Crippen LogP contribution in [0.2, 0.25) is 0 Å². The number of carbonyl (C=O) groups excluding carboxylic acids is 1. The van der Waals surface area contributed by atoms with E-state index in [1.165, 1.54) is 11.3 Å². The van der Waals surface area contributed by atoms with Crippen molar-refractivity contribution in [3.8, 4) is 0 Å². The molecule has 0 atom stereocenters. The molecule has 0 fully saturated rings. The fourth-order valence-electron chi connectivity index (χ4n) is 2.09. The third-order valence-electron chi connectivity index (χ3n) is 3.36. The van der Waals surface area contributed by atoms with Gasteiger partial charge in [0.05, 0.1) is 10.2 Å². The van der Waals surface area contributed by atoms with E-state index < -0.39 is 0 Å². The summed E-state index contributed by atoms with van der Waals surface area (Å²) in [5, 5.41) is 3.52. The number of rotatable bonds is 2. The number of nitrogens with one attached hydrogen (secondary N) is 1. The largest absolute Gasteiger partial charge is 0.298 e. The lowest BCUT2D eigenvalue weighted by Gasteiger charge is -2.07. The molecule has 3 rings (SSSR count). The van der Waals surface area contributed by atoms with Gasteiger partial charge in [-0.25, -0.2) is 4.98 Å². The summed E-state index contributed by atoms with van der Waals surface area (Å²) in [6.07, 6.45) is 0. The highest BCUT2D eigenvalue weighted by Gasteiger charge is 2.12. The third kappa shape index (κ3) is 2.30. The van der Waals surface area contributed by atoms with Crippen molar-refractivity contribution in [1.82, 2.24) is 4.98 Å². The van der Waals surface area contributed by atoms with E-state index >= 15 is 0 Å². The Kier molecular flexibility index (Phi) is 3.24. The highest BCUT2D eigenvalue weighted by atomic mass is 32.1. The Morgan fingerprint density at radius 3 is 2.70 bits per heavy atom. The number of hydrogen-bond acceptors (Lipinski definition) is 3. The van der Waals surface area contributed by atoms with Crippen LogP contribution in [0.3, 0.4) is 0 Å². The van der Waals surface area contributed by atoms with Crippen molar-refractivity contribution in [3.05, 3.63) is 59.2 Å². The van der Waals surface area contributed by atoms with Crippen LogP contribution in [0.5, 0.6) is 0 Å². The van der Waals surface area contributed by atoms with Gasteiger partial charge in [0, 0.05) is 5.56 Å². The first kappa shape index (κ1) is 12.8. The summed E-state index contributed by atoms with van der Waals surface area (Å²) in [6.45, 7) is 3.96. The molecule has 0 aliphatic rings. The second-order valence-corrected chi connectivity index (χ2v) is 5.72. The average molecular weight is 282 g/mol. The van der Waals surface area contributed by atoms with Gasteiger partial charge in [-0.05, 0) is 43.2 Å². The molecule has 100 valence electrons. The predicted octanol–water partition coefficient (Wildman–Crippen LogP) is 4.17. The Hall–Kier alpha value is -2.20. The van der Waals surface area contributed by atoms with Crippen LogP contribution in [0.25, 0.3) is 10.2 Å². The van der Waals surface area contributed by atoms with Gasteiger partial charge in [-0.1, -0.05) is 35.6 Å². The molecule has 0 unspecified atom stereocenters. The number of hydrogen-bond donors (Lipinski definition) is 1. The molecule has 1 aromatic heterocycles. The Morgan fingerprint density at radius 1 is 1.10 bits per heavy atom. The number of carbonyl (C=O) groups is 1. The van der Waals surface area contributed by atoms with Crippen molar-refractivity contribution in [1.29, 1.82) is 0 Å². The van der Waals surface area contributed by atoms with Gasteiger partial charge in [0.1, 0.15) is 0 Å².